The standard InChI is InChI=1S/C10H23N3O2S/c1-8(2)13-9(11-5)12-7-10(3,4)16(6,14)15/h8H,7H2,1-6H3,(H2,11,12,13). The Morgan fingerprint density at radius 3 is 2.19 bits per heavy atom. The van der Waals surface area contributed by atoms with Crippen LogP contribution in [0.15, 0.2) is 4.99 Å². The van der Waals surface area contributed by atoms with E-state index in [9.17, 15) is 8.42 Å². The van der Waals surface area contributed by atoms with E-state index < -0.39 is 14.6 Å². The third-order valence-electron chi connectivity index (χ3n) is 2.33. The highest BCUT2D eigenvalue weighted by Gasteiger charge is 2.30. The van der Waals surface area contributed by atoms with Crippen molar-refractivity contribution in [1.29, 1.82) is 0 Å². The molecule has 2 N–H and O–H groups in total. The molecule has 0 aliphatic carbocycles. The Balaban J connectivity index is 4.45. The van der Waals surface area contributed by atoms with E-state index in [2.05, 4.69) is 15.6 Å². The molecule has 0 aromatic rings. The molecule has 0 aromatic heterocycles. The first kappa shape index (κ1) is 15.2. The van der Waals surface area contributed by atoms with Crippen LogP contribution in [0.2, 0.25) is 0 Å². The summed E-state index contributed by atoms with van der Waals surface area (Å²) in [6.07, 6.45) is 1.24. The first-order valence-corrected chi connectivity index (χ1v) is 7.16. The maximum Gasteiger partial charge on any atom is 0.191 e. The Morgan fingerprint density at radius 1 is 1.38 bits per heavy atom. The second-order valence-electron chi connectivity index (χ2n) is 4.76. The number of rotatable bonds is 4. The normalized spacial score (nSPS) is 14.1. The van der Waals surface area contributed by atoms with Gasteiger partial charge >= 0.3 is 0 Å². The van der Waals surface area contributed by atoms with Crippen LogP contribution in [0.5, 0.6) is 0 Å². The molecule has 0 saturated carbocycles. The average molecular weight is 249 g/mol. The fourth-order valence-corrected chi connectivity index (χ4v) is 1.23. The molecule has 0 unspecified atom stereocenters. The molecule has 0 atom stereocenters. The van der Waals surface area contributed by atoms with E-state index in [0.717, 1.165) is 0 Å². The highest BCUT2D eigenvalue weighted by atomic mass is 32.2. The Kier molecular flexibility index (Phi) is 5.25. The van der Waals surface area contributed by atoms with Gasteiger partial charge in [0.15, 0.2) is 15.8 Å². The van der Waals surface area contributed by atoms with Crippen molar-refractivity contribution in [2.24, 2.45) is 4.99 Å². The van der Waals surface area contributed by atoms with Gasteiger partial charge in [-0.3, -0.25) is 4.99 Å². The van der Waals surface area contributed by atoms with Crippen molar-refractivity contribution >= 4 is 15.8 Å². The van der Waals surface area contributed by atoms with Crippen molar-refractivity contribution < 1.29 is 8.42 Å². The van der Waals surface area contributed by atoms with E-state index in [1.54, 1.807) is 20.9 Å². The lowest BCUT2D eigenvalue weighted by Crippen LogP contribution is -2.49. The van der Waals surface area contributed by atoms with Crippen LogP contribution in [-0.4, -0.2) is 45.0 Å². The first-order chi connectivity index (χ1) is 7.10. The van der Waals surface area contributed by atoms with E-state index in [1.165, 1.54) is 6.26 Å². The molecule has 0 bridgehead atoms. The third-order valence-corrected chi connectivity index (χ3v) is 4.49. The second kappa shape index (κ2) is 5.52. The van der Waals surface area contributed by atoms with Crippen LogP contribution in [0.25, 0.3) is 0 Å². The van der Waals surface area contributed by atoms with Crippen LogP contribution < -0.4 is 10.6 Å². The van der Waals surface area contributed by atoms with Crippen LogP contribution in [0, 0.1) is 0 Å². The molecule has 0 fully saturated rings. The molecular formula is C10H23N3O2S. The van der Waals surface area contributed by atoms with Gasteiger partial charge < -0.3 is 10.6 Å². The maximum absolute atomic E-state index is 11.5. The van der Waals surface area contributed by atoms with E-state index in [1.807, 2.05) is 13.8 Å². The largest absolute Gasteiger partial charge is 0.355 e. The van der Waals surface area contributed by atoms with Crippen LogP contribution in [0.3, 0.4) is 0 Å². The number of nitrogens with one attached hydrogen (secondary N) is 2. The Labute approximate surface area is 98.6 Å². The van der Waals surface area contributed by atoms with Gasteiger partial charge in [0.2, 0.25) is 0 Å². The van der Waals surface area contributed by atoms with Crippen molar-refractivity contribution in [2.75, 3.05) is 19.8 Å². The second-order valence-corrected chi connectivity index (χ2v) is 7.41. The van der Waals surface area contributed by atoms with Gasteiger partial charge in [-0.15, -0.1) is 0 Å². The quantitative estimate of drug-likeness (QED) is 0.558. The minimum Gasteiger partial charge on any atom is -0.355 e. The average Bonchev–Trinajstić information content (AvgIpc) is 2.09. The Bertz CT molecular complexity index is 345. The monoisotopic (exact) mass is 249 g/mol. The smallest absolute Gasteiger partial charge is 0.191 e. The molecule has 0 heterocycles. The van der Waals surface area contributed by atoms with Crippen molar-refractivity contribution in [3.8, 4) is 0 Å². The number of guanidine groups is 1. The Hall–Kier alpha value is -0.780. The van der Waals surface area contributed by atoms with Gasteiger partial charge in [-0.2, -0.15) is 0 Å². The van der Waals surface area contributed by atoms with Crippen molar-refractivity contribution in [2.45, 2.75) is 38.5 Å². The van der Waals surface area contributed by atoms with Crippen molar-refractivity contribution in [3.63, 3.8) is 0 Å². The number of nitrogens with zero attached hydrogens (tertiary/aromatic N) is 1. The third kappa shape index (κ3) is 4.83. The Morgan fingerprint density at radius 2 is 1.88 bits per heavy atom. The SMILES string of the molecule is CN=C(NCC(C)(C)S(C)(=O)=O)NC(C)C. The lowest BCUT2D eigenvalue weighted by molar-refractivity contribution is 0.543. The minimum absolute atomic E-state index is 0.257. The zero-order valence-corrected chi connectivity index (χ0v) is 11.8. The summed E-state index contributed by atoms with van der Waals surface area (Å²) in [5.41, 5.74) is 0. The molecule has 0 spiro atoms. The van der Waals surface area contributed by atoms with E-state index >= 15 is 0 Å². The summed E-state index contributed by atoms with van der Waals surface area (Å²) in [5, 5.41) is 6.10. The van der Waals surface area contributed by atoms with E-state index in [-0.39, 0.29) is 6.04 Å². The summed E-state index contributed by atoms with van der Waals surface area (Å²) in [6, 6.07) is 0.257. The molecule has 0 rings (SSSR count). The lowest BCUT2D eigenvalue weighted by Gasteiger charge is -2.24. The fraction of sp³-hybridized carbons (Fsp3) is 0.900. The summed E-state index contributed by atoms with van der Waals surface area (Å²) in [6.45, 7) is 7.71. The van der Waals surface area contributed by atoms with Gasteiger partial charge in [-0.25, -0.2) is 8.42 Å². The van der Waals surface area contributed by atoms with Gasteiger partial charge in [-0.1, -0.05) is 0 Å². The van der Waals surface area contributed by atoms with Gasteiger partial charge in [0.05, 0.1) is 4.75 Å². The van der Waals surface area contributed by atoms with Crippen LogP contribution in [0.4, 0.5) is 0 Å². The summed E-state index contributed by atoms with van der Waals surface area (Å²) >= 11 is 0. The minimum atomic E-state index is -3.08. The summed E-state index contributed by atoms with van der Waals surface area (Å²) in [7, 11) is -1.42. The molecule has 96 valence electrons. The zero-order chi connectivity index (χ0) is 13.0. The highest BCUT2D eigenvalue weighted by Crippen LogP contribution is 2.13. The van der Waals surface area contributed by atoms with Crippen molar-refractivity contribution in [3.05, 3.63) is 0 Å². The van der Waals surface area contributed by atoms with Crippen LogP contribution >= 0.6 is 0 Å². The number of aliphatic imine (C=N–C) groups is 1. The molecular weight excluding hydrogens is 226 g/mol. The summed E-state index contributed by atoms with van der Waals surface area (Å²) in [4.78, 5) is 4.01. The maximum atomic E-state index is 11.5. The molecule has 16 heavy (non-hydrogen) atoms. The predicted octanol–water partition coefficient (Wildman–Crippen LogP) is 0.383. The molecule has 6 heteroatoms. The number of hydrogen-bond acceptors (Lipinski definition) is 3. The lowest BCUT2D eigenvalue weighted by atomic mass is 10.2. The van der Waals surface area contributed by atoms with Gasteiger partial charge in [0.1, 0.15) is 0 Å². The van der Waals surface area contributed by atoms with E-state index in [0.29, 0.717) is 12.5 Å². The topological polar surface area (TPSA) is 70.6 Å². The van der Waals surface area contributed by atoms with Crippen molar-refractivity contribution in [1.82, 2.24) is 10.6 Å². The molecule has 0 radical (unpaired) electrons. The van der Waals surface area contributed by atoms with Crippen LogP contribution in [-0.2, 0) is 9.84 Å². The van der Waals surface area contributed by atoms with Gasteiger partial charge in [0, 0.05) is 25.9 Å². The molecule has 5 nitrogen and oxygen atoms in total. The van der Waals surface area contributed by atoms with Gasteiger partial charge in [-0.05, 0) is 27.7 Å². The summed E-state index contributed by atoms with van der Waals surface area (Å²) in [5.74, 6) is 0.617. The number of hydrogen-bond donors (Lipinski definition) is 2. The van der Waals surface area contributed by atoms with Gasteiger partial charge in [0.25, 0.3) is 0 Å². The first-order valence-electron chi connectivity index (χ1n) is 5.27. The van der Waals surface area contributed by atoms with Crippen LogP contribution in [0.1, 0.15) is 27.7 Å². The predicted molar refractivity (Wildman–Crippen MR) is 68.6 cm³/mol. The molecule has 0 aromatic carbocycles. The highest BCUT2D eigenvalue weighted by molar-refractivity contribution is 7.92. The number of sulfone groups is 1. The summed E-state index contributed by atoms with van der Waals surface area (Å²) < 4.78 is 22.1. The molecule has 0 amide bonds. The van der Waals surface area contributed by atoms with E-state index in [4.69, 9.17) is 0 Å². The molecule has 0 aliphatic heterocycles. The zero-order valence-electron chi connectivity index (χ0n) is 11.0. The molecule has 0 aliphatic rings. The molecule has 0 saturated heterocycles. The fourth-order valence-electron chi connectivity index (χ4n) is 0.896.